The lowest BCUT2D eigenvalue weighted by Gasteiger charge is -2.10. The van der Waals surface area contributed by atoms with E-state index in [-0.39, 0.29) is 5.75 Å². The Kier molecular flexibility index (Phi) is 4.35. The van der Waals surface area contributed by atoms with Crippen LogP contribution in [-0.4, -0.2) is 15.1 Å². The van der Waals surface area contributed by atoms with Gasteiger partial charge in [0.2, 0.25) is 0 Å². The summed E-state index contributed by atoms with van der Waals surface area (Å²) in [6.07, 6.45) is 1.50. The molecule has 0 aliphatic carbocycles. The van der Waals surface area contributed by atoms with Crippen molar-refractivity contribution in [3.63, 3.8) is 0 Å². The first-order valence-electron chi connectivity index (χ1n) is 8.25. The molecular weight excluding hydrogens is 326 g/mol. The van der Waals surface area contributed by atoms with Gasteiger partial charge in [0.1, 0.15) is 30.3 Å². The van der Waals surface area contributed by atoms with Crippen LogP contribution in [0.15, 0.2) is 79.1 Å². The van der Waals surface area contributed by atoms with Crippen molar-refractivity contribution in [3.8, 4) is 11.5 Å². The van der Waals surface area contributed by atoms with E-state index in [0.29, 0.717) is 12.4 Å². The zero-order valence-corrected chi connectivity index (χ0v) is 14.0. The molecule has 2 N–H and O–H groups in total. The lowest BCUT2D eigenvalue weighted by atomic mass is 10.2. The van der Waals surface area contributed by atoms with Gasteiger partial charge in [-0.1, -0.05) is 30.3 Å². The first-order valence-corrected chi connectivity index (χ1v) is 8.25. The Balaban J connectivity index is 1.49. The van der Waals surface area contributed by atoms with Crippen molar-refractivity contribution in [1.29, 1.82) is 0 Å². The van der Waals surface area contributed by atoms with Gasteiger partial charge in [-0.05, 0) is 48.0 Å². The number of hydrogen-bond donors (Lipinski definition) is 2. The van der Waals surface area contributed by atoms with Gasteiger partial charge in [0.25, 0.3) is 0 Å². The minimum absolute atomic E-state index is 0.181. The van der Waals surface area contributed by atoms with E-state index in [9.17, 15) is 5.11 Å². The van der Waals surface area contributed by atoms with Crippen LogP contribution in [0.1, 0.15) is 5.56 Å². The molecule has 4 aromatic rings. The van der Waals surface area contributed by atoms with Gasteiger partial charge in [0.15, 0.2) is 0 Å². The van der Waals surface area contributed by atoms with Gasteiger partial charge in [0.05, 0.1) is 5.52 Å². The Labute approximate surface area is 150 Å². The lowest BCUT2D eigenvalue weighted by molar-refractivity contribution is 0.306. The van der Waals surface area contributed by atoms with E-state index >= 15 is 0 Å². The monoisotopic (exact) mass is 343 g/mol. The van der Waals surface area contributed by atoms with Crippen molar-refractivity contribution in [3.05, 3.63) is 84.7 Å². The van der Waals surface area contributed by atoms with Crippen LogP contribution < -0.4 is 10.1 Å². The number of aromatic hydroxyl groups is 1. The fourth-order valence-electron chi connectivity index (χ4n) is 2.66. The number of nitrogens with one attached hydrogen (secondary N) is 1. The van der Waals surface area contributed by atoms with E-state index in [1.54, 1.807) is 18.2 Å². The van der Waals surface area contributed by atoms with E-state index in [1.165, 1.54) is 6.33 Å². The van der Waals surface area contributed by atoms with Crippen LogP contribution in [0.3, 0.4) is 0 Å². The summed E-state index contributed by atoms with van der Waals surface area (Å²) in [5, 5.41) is 13.7. The van der Waals surface area contributed by atoms with Crippen LogP contribution in [0.2, 0.25) is 0 Å². The first kappa shape index (κ1) is 15.9. The molecule has 26 heavy (non-hydrogen) atoms. The fourth-order valence-corrected chi connectivity index (χ4v) is 2.66. The molecule has 3 aromatic carbocycles. The minimum atomic E-state index is 0.181. The summed E-state index contributed by atoms with van der Waals surface area (Å²) in [5.74, 6) is 1.62. The molecule has 4 rings (SSSR count). The number of rotatable bonds is 5. The third kappa shape index (κ3) is 3.57. The molecule has 0 saturated heterocycles. The zero-order chi connectivity index (χ0) is 17.8. The maximum absolute atomic E-state index is 9.71. The number of hydrogen-bond acceptors (Lipinski definition) is 5. The molecule has 0 aliphatic heterocycles. The van der Waals surface area contributed by atoms with Gasteiger partial charge in [-0.15, -0.1) is 0 Å². The van der Waals surface area contributed by atoms with E-state index in [2.05, 4.69) is 15.3 Å². The third-order valence-electron chi connectivity index (χ3n) is 3.98. The normalized spacial score (nSPS) is 10.6. The predicted molar refractivity (Wildman–Crippen MR) is 102 cm³/mol. The van der Waals surface area contributed by atoms with Gasteiger partial charge in [-0.2, -0.15) is 0 Å². The van der Waals surface area contributed by atoms with Crippen LogP contribution in [0, 0.1) is 0 Å². The molecule has 5 nitrogen and oxygen atoms in total. The Bertz CT molecular complexity index is 1020. The molecule has 0 saturated carbocycles. The lowest BCUT2D eigenvalue weighted by Crippen LogP contribution is -1.97. The Morgan fingerprint density at radius 2 is 1.69 bits per heavy atom. The predicted octanol–water partition coefficient (Wildman–Crippen LogP) is 4.66. The van der Waals surface area contributed by atoms with Gasteiger partial charge in [0, 0.05) is 11.1 Å². The Hall–Kier alpha value is -3.60. The first-order chi connectivity index (χ1) is 12.8. The number of phenols is 1. The Morgan fingerprint density at radius 3 is 2.50 bits per heavy atom. The molecule has 0 atom stereocenters. The summed E-state index contributed by atoms with van der Waals surface area (Å²) in [6.45, 7) is 0.531. The second kappa shape index (κ2) is 7.11. The van der Waals surface area contributed by atoms with E-state index in [4.69, 9.17) is 4.74 Å². The molecule has 0 aliphatic rings. The highest BCUT2D eigenvalue weighted by molar-refractivity contribution is 5.91. The highest BCUT2D eigenvalue weighted by Crippen LogP contribution is 2.27. The number of benzene rings is 3. The number of ether oxygens (including phenoxy) is 1. The second-order valence-corrected chi connectivity index (χ2v) is 5.85. The molecule has 128 valence electrons. The van der Waals surface area contributed by atoms with Crippen LogP contribution in [-0.2, 0) is 6.61 Å². The summed E-state index contributed by atoms with van der Waals surface area (Å²) >= 11 is 0. The van der Waals surface area contributed by atoms with Crippen LogP contribution in [0.5, 0.6) is 11.5 Å². The number of anilines is 2. The molecule has 0 amide bonds. The maximum Gasteiger partial charge on any atom is 0.141 e. The molecule has 0 unspecified atom stereocenters. The van der Waals surface area contributed by atoms with Crippen molar-refractivity contribution in [2.24, 2.45) is 0 Å². The molecule has 0 spiro atoms. The van der Waals surface area contributed by atoms with Crippen LogP contribution in [0.25, 0.3) is 10.9 Å². The SMILES string of the molecule is Oc1ccc2ncnc(Nc3ccc(OCc4ccccc4)cc3)c2c1. The fraction of sp³-hybridized carbons (Fsp3) is 0.0476. The van der Waals surface area contributed by atoms with Gasteiger partial charge < -0.3 is 15.2 Å². The van der Waals surface area contributed by atoms with Crippen LogP contribution >= 0.6 is 0 Å². The van der Waals surface area contributed by atoms with Crippen molar-refractivity contribution in [2.75, 3.05) is 5.32 Å². The average molecular weight is 343 g/mol. The molecule has 0 radical (unpaired) electrons. The quantitative estimate of drug-likeness (QED) is 0.552. The topological polar surface area (TPSA) is 67.3 Å². The average Bonchev–Trinajstić information content (AvgIpc) is 2.69. The van der Waals surface area contributed by atoms with Gasteiger partial charge in [-0.25, -0.2) is 9.97 Å². The largest absolute Gasteiger partial charge is 0.508 e. The van der Waals surface area contributed by atoms with Crippen molar-refractivity contribution in [2.45, 2.75) is 6.61 Å². The number of fused-ring (bicyclic) bond motifs is 1. The minimum Gasteiger partial charge on any atom is -0.508 e. The molecule has 1 aromatic heterocycles. The number of nitrogens with zero attached hydrogens (tertiary/aromatic N) is 2. The van der Waals surface area contributed by atoms with Crippen molar-refractivity contribution < 1.29 is 9.84 Å². The summed E-state index contributed by atoms with van der Waals surface area (Å²) in [4.78, 5) is 8.49. The van der Waals surface area contributed by atoms with E-state index < -0.39 is 0 Å². The molecule has 0 fully saturated rings. The summed E-state index contributed by atoms with van der Waals surface area (Å²) in [5.41, 5.74) is 2.77. The summed E-state index contributed by atoms with van der Waals surface area (Å²) in [6, 6.07) is 22.7. The van der Waals surface area contributed by atoms with Crippen LogP contribution in [0.4, 0.5) is 11.5 Å². The Morgan fingerprint density at radius 1 is 0.885 bits per heavy atom. The van der Waals surface area contributed by atoms with Gasteiger partial charge >= 0.3 is 0 Å². The number of aromatic nitrogens is 2. The second-order valence-electron chi connectivity index (χ2n) is 5.85. The smallest absolute Gasteiger partial charge is 0.141 e. The summed E-state index contributed by atoms with van der Waals surface area (Å²) < 4.78 is 5.80. The highest BCUT2D eigenvalue weighted by Gasteiger charge is 2.05. The molecule has 1 heterocycles. The van der Waals surface area contributed by atoms with E-state index in [0.717, 1.165) is 27.9 Å². The molecule has 0 bridgehead atoms. The molecule has 5 heteroatoms. The van der Waals surface area contributed by atoms with Crippen molar-refractivity contribution in [1.82, 2.24) is 9.97 Å². The van der Waals surface area contributed by atoms with Gasteiger partial charge in [-0.3, -0.25) is 0 Å². The summed E-state index contributed by atoms with van der Waals surface area (Å²) in [7, 11) is 0. The third-order valence-corrected chi connectivity index (χ3v) is 3.98. The van der Waals surface area contributed by atoms with Crippen molar-refractivity contribution >= 4 is 22.4 Å². The molecular formula is C21H17N3O2. The van der Waals surface area contributed by atoms with E-state index in [1.807, 2.05) is 54.6 Å². The highest BCUT2D eigenvalue weighted by atomic mass is 16.5. The number of phenolic OH excluding ortho intramolecular Hbond substituents is 1. The maximum atomic E-state index is 9.71. The zero-order valence-electron chi connectivity index (χ0n) is 14.0. The standard InChI is InChI=1S/C21H17N3O2/c25-17-8-11-20-19(12-17)21(23-14-22-20)24-16-6-9-18(10-7-16)26-13-15-4-2-1-3-5-15/h1-12,14,25H,13H2,(H,22,23,24).